The number of terminal acetylenes is 1. The van der Waals surface area contributed by atoms with Gasteiger partial charge in [-0.3, -0.25) is 20.2 Å². The fourth-order valence-electron chi connectivity index (χ4n) is 6.67. The smallest absolute Gasteiger partial charge is 0.277 e. The standard InChI is InChI=1S/C50H38N4O6/c1-3-59-47-31-27-45(28-32-47)51(41-11-7-5-8-12-41)43-23-17-37(18-24-43)15-21-39-35-50(54(57)58)40(36-49(39)53(55)56)22-16-38-19-25-44(26-20-38)52(42-13-9-6-10-14-42)46-29-33-48(34-30-46)60-4-2/h1,5-36H,4H2,2H3. The van der Waals surface area contributed by atoms with Gasteiger partial charge in [-0.25, -0.2) is 0 Å². The zero-order chi connectivity index (χ0) is 41.8. The summed E-state index contributed by atoms with van der Waals surface area (Å²) in [6.07, 6.45) is 13.9. The van der Waals surface area contributed by atoms with Crippen molar-refractivity contribution in [3.8, 4) is 24.0 Å². The Balaban J connectivity index is 1.13. The van der Waals surface area contributed by atoms with Gasteiger partial charge < -0.3 is 19.3 Å². The molecule has 7 aromatic carbocycles. The van der Waals surface area contributed by atoms with E-state index in [0.29, 0.717) is 12.4 Å². The molecule has 0 fully saturated rings. The molecule has 0 aliphatic carbocycles. The van der Waals surface area contributed by atoms with Crippen LogP contribution in [-0.4, -0.2) is 16.5 Å². The molecule has 0 bridgehead atoms. The van der Waals surface area contributed by atoms with Gasteiger partial charge in [-0.15, -0.1) is 0 Å². The second kappa shape index (κ2) is 18.7. The highest BCUT2D eigenvalue weighted by Crippen LogP contribution is 2.38. The van der Waals surface area contributed by atoms with Crippen LogP contribution in [0.25, 0.3) is 24.3 Å². The van der Waals surface area contributed by atoms with E-state index in [1.54, 1.807) is 24.3 Å². The number of nitrogens with zero attached hydrogens (tertiary/aromatic N) is 4. The lowest BCUT2D eigenvalue weighted by molar-refractivity contribution is -0.389. The first kappa shape index (κ1) is 39.8. The number of hydrogen-bond donors (Lipinski definition) is 0. The first-order chi connectivity index (χ1) is 29.3. The van der Waals surface area contributed by atoms with Crippen molar-refractivity contribution in [1.82, 2.24) is 0 Å². The van der Waals surface area contributed by atoms with Crippen molar-refractivity contribution in [3.63, 3.8) is 0 Å². The first-order valence-corrected chi connectivity index (χ1v) is 19.0. The lowest BCUT2D eigenvalue weighted by atomic mass is 10.0. The van der Waals surface area contributed by atoms with Gasteiger partial charge in [0.25, 0.3) is 11.4 Å². The Kier molecular flexibility index (Phi) is 12.4. The molecule has 0 radical (unpaired) electrons. The van der Waals surface area contributed by atoms with Crippen LogP contribution in [0.3, 0.4) is 0 Å². The highest BCUT2D eigenvalue weighted by atomic mass is 16.6. The third kappa shape index (κ3) is 9.40. The number of para-hydroxylation sites is 2. The summed E-state index contributed by atoms with van der Waals surface area (Å²) in [5.74, 6) is 1.33. The molecule has 7 rings (SSSR count). The largest absolute Gasteiger partial charge is 0.494 e. The maximum atomic E-state index is 12.3. The highest BCUT2D eigenvalue weighted by Gasteiger charge is 2.22. The number of benzene rings is 7. The van der Waals surface area contributed by atoms with Gasteiger partial charge >= 0.3 is 0 Å². The van der Waals surface area contributed by atoms with Crippen LogP contribution >= 0.6 is 0 Å². The summed E-state index contributed by atoms with van der Waals surface area (Å²) in [6.45, 7) is 2.51. The van der Waals surface area contributed by atoms with Crippen LogP contribution in [0, 0.1) is 32.8 Å². The molecule has 60 heavy (non-hydrogen) atoms. The average molecular weight is 791 g/mol. The van der Waals surface area contributed by atoms with Gasteiger partial charge in [0.1, 0.15) is 17.6 Å². The van der Waals surface area contributed by atoms with E-state index in [1.807, 2.05) is 153 Å². The van der Waals surface area contributed by atoms with Crippen molar-refractivity contribution in [2.75, 3.05) is 16.4 Å². The van der Waals surface area contributed by atoms with E-state index in [1.165, 1.54) is 24.3 Å². The summed E-state index contributed by atoms with van der Waals surface area (Å²) in [7, 11) is 0. The van der Waals surface area contributed by atoms with Crippen LogP contribution in [0.2, 0.25) is 0 Å². The van der Waals surface area contributed by atoms with E-state index in [-0.39, 0.29) is 22.5 Å². The molecule has 0 aliphatic heterocycles. The summed E-state index contributed by atoms with van der Waals surface area (Å²) in [5, 5.41) is 24.6. The Bertz CT molecular complexity index is 2680. The van der Waals surface area contributed by atoms with Crippen LogP contribution in [0.1, 0.15) is 29.2 Å². The van der Waals surface area contributed by atoms with Gasteiger partial charge in [-0.1, -0.05) is 79.2 Å². The summed E-state index contributed by atoms with van der Waals surface area (Å²) < 4.78 is 10.8. The van der Waals surface area contributed by atoms with Crippen molar-refractivity contribution in [1.29, 1.82) is 0 Å². The number of ether oxygens (including phenoxy) is 2. The molecular weight excluding hydrogens is 753 g/mol. The van der Waals surface area contributed by atoms with Crippen molar-refractivity contribution < 1.29 is 19.3 Å². The summed E-state index contributed by atoms with van der Waals surface area (Å²) in [6, 6.07) is 52.8. The summed E-state index contributed by atoms with van der Waals surface area (Å²) in [4.78, 5) is 27.7. The van der Waals surface area contributed by atoms with Crippen molar-refractivity contribution in [2.45, 2.75) is 6.92 Å². The molecule has 0 unspecified atom stereocenters. The van der Waals surface area contributed by atoms with E-state index < -0.39 is 9.85 Å². The molecule has 0 spiro atoms. The maximum Gasteiger partial charge on any atom is 0.277 e. The summed E-state index contributed by atoms with van der Waals surface area (Å²) >= 11 is 0. The minimum atomic E-state index is -0.532. The molecule has 294 valence electrons. The van der Waals surface area contributed by atoms with Gasteiger partial charge in [0.2, 0.25) is 0 Å². The molecule has 10 heteroatoms. The molecule has 0 saturated carbocycles. The fraction of sp³-hybridized carbons (Fsp3) is 0.0400. The highest BCUT2D eigenvalue weighted by molar-refractivity contribution is 5.84. The lowest BCUT2D eigenvalue weighted by Crippen LogP contribution is -2.09. The second-order valence-electron chi connectivity index (χ2n) is 13.3. The quantitative estimate of drug-likeness (QED) is 0.0437. The van der Waals surface area contributed by atoms with Crippen molar-refractivity contribution >= 4 is 69.8 Å². The number of nitro groups is 2. The molecule has 10 nitrogen and oxygen atoms in total. The maximum absolute atomic E-state index is 12.3. The zero-order valence-corrected chi connectivity index (χ0v) is 32.5. The Labute approximate surface area is 347 Å². The fourth-order valence-corrected chi connectivity index (χ4v) is 6.67. The lowest BCUT2D eigenvalue weighted by Gasteiger charge is -2.25. The molecule has 0 N–H and O–H groups in total. The van der Waals surface area contributed by atoms with E-state index >= 15 is 0 Å². The summed E-state index contributed by atoms with van der Waals surface area (Å²) in [5.41, 5.74) is 6.64. The average Bonchev–Trinajstić information content (AvgIpc) is 3.28. The predicted molar refractivity (Wildman–Crippen MR) is 240 cm³/mol. The minimum Gasteiger partial charge on any atom is -0.494 e. The van der Waals surface area contributed by atoms with E-state index in [2.05, 4.69) is 15.9 Å². The molecule has 0 saturated heterocycles. The molecule has 0 aliphatic rings. The Morgan fingerprint density at radius 3 is 1.22 bits per heavy atom. The van der Waals surface area contributed by atoms with Crippen LogP contribution in [0.4, 0.5) is 45.5 Å². The normalized spacial score (nSPS) is 10.9. The molecular formula is C50H38N4O6. The molecule has 7 aromatic rings. The molecule has 0 atom stereocenters. The molecule has 0 amide bonds. The third-order valence-electron chi connectivity index (χ3n) is 9.49. The minimum absolute atomic E-state index is 0.104. The third-order valence-corrected chi connectivity index (χ3v) is 9.49. The van der Waals surface area contributed by atoms with Crippen LogP contribution in [0.15, 0.2) is 170 Å². The molecule has 0 heterocycles. The van der Waals surface area contributed by atoms with Gasteiger partial charge in [0.05, 0.1) is 27.6 Å². The van der Waals surface area contributed by atoms with Crippen molar-refractivity contribution in [3.05, 3.63) is 212 Å². The van der Waals surface area contributed by atoms with E-state index in [4.69, 9.17) is 15.9 Å². The van der Waals surface area contributed by atoms with Gasteiger partial charge in [0, 0.05) is 46.3 Å². The van der Waals surface area contributed by atoms with Crippen LogP contribution in [-0.2, 0) is 0 Å². The number of rotatable bonds is 15. The topological polar surface area (TPSA) is 111 Å². The van der Waals surface area contributed by atoms with E-state index in [0.717, 1.165) is 51.0 Å². The predicted octanol–water partition coefficient (Wildman–Crippen LogP) is 13.2. The number of hydrogen-bond acceptors (Lipinski definition) is 8. The SMILES string of the molecule is C#COc1ccc(N(c2ccccc2)c2ccc(C=Cc3cc([N+](=O)[O-])c(C=Cc4ccc(N(c5ccccc5)c5ccc(OCC)cc5)cc4)cc3[N+](=O)[O-])cc2)cc1. The van der Waals surface area contributed by atoms with E-state index in [9.17, 15) is 20.2 Å². The Morgan fingerprint density at radius 2 is 0.867 bits per heavy atom. The van der Waals surface area contributed by atoms with Crippen LogP contribution in [0.5, 0.6) is 11.5 Å². The van der Waals surface area contributed by atoms with Gasteiger partial charge in [-0.05, 0) is 127 Å². The monoisotopic (exact) mass is 790 g/mol. The number of nitro benzene ring substituents is 2. The zero-order valence-electron chi connectivity index (χ0n) is 32.5. The first-order valence-electron chi connectivity index (χ1n) is 19.0. The number of anilines is 6. The van der Waals surface area contributed by atoms with Gasteiger partial charge in [-0.2, -0.15) is 0 Å². The van der Waals surface area contributed by atoms with Crippen molar-refractivity contribution in [2.24, 2.45) is 0 Å². The second-order valence-corrected chi connectivity index (χ2v) is 13.3. The van der Waals surface area contributed by atoms with Crippen LogP contribution < -0.4 is 19.3 Å². The Morgan fingerprint density at radius 1 is 0.517 bits per heavy atom. The van der Waals surface area contributed by atoms with Gasteiger partial charge in [0.15, 0.2) is 0 Å². The molecule has 0 aromatic heterocycles. The Hall–Kier alpha value is -8.42.